The lowest BCUT2D eigenvalue weighted by molar-refractivity contribution is -0.137. The molecule has 0 radical (unpaired) electrons. The largest absolute Gasteiger partial charge is 0.343 e. The summed E-state index contributed by atoms with van der Waals surface area (Å²) in [4.78, 5) is 16.6. The van der Waals surface area contributed by atoms with Gasteiger partial charge in [-0.25, -0.2) is 0 Å². The average molecular weight is 264 g/mol. The lowest BCUT2D eigenvalue weighted by Crippen LogP contribution is -2.50. The maximum atomic E-state index is 12.5. The molecule has 1 aromatic heterocycles. The van der Waals surface area contributed by atoms with Crippen molar-refractivity contribution in [2.24, 2.45) is 0 Å². The molecule has 19 heavy (non-hydrogen) atoms. The average Bonchev–Trinajstić information content (AvgIpc) is 2.97. The SMILES string of the molecule is CCN1CCCC[C@H]1C(=O)N(C)CCn1cccn1. The van der Waals surface area contributed by atoms with Crippen molar-refractivity contribution < 1.29 is 4.79 Å². The molecule has 1 fully saturated rings. The molecule has 1 aliphatic rings. The van der Waals surface area contributed by atoms with Crippen molar-refractivity contribution >= 4 is 5.91 Å². The van der Waals surface area contributed by atoms with E-state index in [4.69, 9.17) is 0 Å². The van der Waals surface area contributed by atoms with Crippen LogP contribution in [0.15, 0.2) is 18.5 Å². The number of carbonyl (C=O) groups is 1. The van der Waals surface area contributed by atoms with Gasteiger partial charge in [-0.15, -0.1) is 0 Å². The van der Waals surface area contributed by atoms with Gasteiger partial charge in [0, 0.05) is 26.0 Å². The van der Waals surface area contributed by atoms with Crippen molar-refractivity contribution in [2.45, 2.75) is 38.8 Å². The summed E-state index contributed by atoms with van der Waals surface area (Å²) >= 11 is 0. The molecule has 0 saturated carbocycles. The van der Waals surface area contributed by atoms with Crippen LogP contribution in [0.1, 0.15) is 26.2 Å². The van der Waals surface area contributed by atoms with Crippen molar-refractivity contribution in [1.29, 1.82) is 0 Å². The molecule has 1 saturated heterocycles. The molecule has 0 unspecified atom stereocenters. The van der Waals surface area contributed by atoms with E-state index in [0.29, 0.717) is 6.54 Å². The summed E-state index contributed by atoms with van der Waals surface area (Å²) < 4.78 is 1.86. The number of amides is 1. The molecule has 106 valence electrons. The fourth-order valence-electron chi connectivity index (χ4n) is 2.70. The molecule has 5 heteroatoms. The lowest BCUT2D eigenvalue weighted by atomic mass is 10.0. The smallest absolute Gasteiger partial charge is 0.239 e. The first kappa shape index (κ1) is 14.1. The Morgan fingerprint density at radius 1 is 1.47 bits per heavy atom. The highest BCUT2D eigenvalue weighted by atomic mass is 16.2. The van der Waals surface area contributed by atoms with Crippen LogP contribution >= 0.6 is 0 Å². The molecule has 1 aromatic rings. The van der Waals surface area contributed by atoms with Crippen LogP contribution in [0.4, 0.5) is 0 Å². The van der Waals surface area contributed by atoms with Gasteiger partial charge in [0.2, 0.25) is 5.91 Å². The summed E-state index contributed by atoms with van der Waals surface area (Å²) in [6, 6.07) is 1.99. The molecule has 2 rings (SSSR count). The summed E-state index contributed by atoms with van der Waals surface area (Å²) in [6.07, 6.45) is 7.08. The quantitative estimate of drug-likeness (QED) is 0.803. The van der Waals surface area contributed by atoms with Crippen LogP contribution in [-0.2, 0) is 11.3 Å². The van der Waals surface area contributed by atoms with E-state index < -0.39 is 0 Å². The Hall–Kier alpha value is -1.36. The zero-order valence-corrected chi connectivity index (χ0v) is 12.0. The van der Waals surface area contributed by atoms with E-state index in [2.05, 4.69) is 16.9 Å². The number of rotatable bonds is 5. The molecule has 2 heterocycles. The first-order valence-electron chi connectivity index (χ1n) is 7.19. The van der Waals surface area contributed by atoms with Crippen molar-refractivity contribution in [1.82, 2.24) is 19.6 Å². The highest BCUT2D eigenvalue weighted by molar-refractivity contribution is 5.81. The maximum Gasteiger partial charge on any atom is 0.239 e. The molecule has 1 aliphatic heterocycles. The first-order chi connectivity index (χ1) is 9.22. The van der Waals surface area contributed by atoms with Gasteiger partial charge < -0.3 is 4.90 Å². The van der Waals surface area contributed by atoms with Gasteiger partial charge in [-0.05, 0) is 32.0 Å². The predicted octanol–water partition coefficient (Wildman–Crippen LogP) is 1.22. The van der Waals surface area contributed by atoms with Gasteiger partial charge in [0.15, 0.2) is 0 Å². The van der Waals surface area contributed by atoms with E-state index in [1.165, 1.54) is 12.8 Å². The number of piperidine rings is 1. The maximum absolute atomic E-state index is 12.5. The van der Waals surface area contributed by atoms with E-state index in [1.54, 1.807) is 6.20 Å². The van der Waals surface area contributed by atoms with E-state index in [1.807, 2.05) is 28.9 Å². The summed E-state index contributed by atoms with van der Waals surface area (Å²) in [5.74, 6) is 0.258. The Labute approximate surface area is 115 Å². The third kappa shape index (κ3) is 3.56. The van der Waals surface area contributed by atoms with Crippen LogP contribution in [0.3, 0.4) is 0 Å². The molecule has 0 spiro atoms. The molecule has 0 aliphatic carbocycles. The van der Waals surface area contributed by atoms with Crippen LogP contribution in [0.25, 0.3) is 0 Å². The van der Waals surface area contributed by atoms with Crippen molar-refractivity contribution in [3.63, 3.8) is 0 Å². The zero-order valence-electron chi connectivity index (χ0n) is 12.0. The van der Waals surface area contributed by atoms with Crippen LogP contribution in [0.2, 0.25) is 0 Å². The fraction of sp³-hybridized carbons (Fsp3) is 0.714. The molecular weight excluding hydrogens is 240 g/mol. The number of hydrogen-bond donors (Lipinski definition) is 0. The van der Waals surface area contributed by atoms with E-state index >= 15 is 0 Å². The van der Waals surface area contributed by atoms with Crippen LogP contribution < -0.4 is 0 Å². The summed E-state index contributed by atoms with van der Waals surface area (Å²) in [5.41, 5.74) is 0. The minimum Gasteiger partial charge on any atom is -0.343 e. The number of carbonyl (C=O) groups excluding carboxylic acids is 1. The molecule has 1 atom stereocenters. The minimum absolute atomic E-state index is 0.0846. The van der Waals surface area contributed by atoms with Gasteiger partial charge in [0.25, 0.3) is 0 Å². The van der Waals surface area contributed by atoms with E-state index in [-0.39, 0.29) is 11.9 Å². The summed E-state index contributed by atoms with van der Waals surface area (Å²) in [7, 11) is 1.90. The van der Waals surface area contributed by atoms with Gasteiger partial charge in [0.1, 0.15) is 0 Å². The Morgan fingerprint density at radius 2 is 2.32 bits per heavy atom. The lowest BCUT2D eigenvalue weighted by Gasteiger charge is -2.36. The Morgan fingerprint density at radius 3 is 3.00 bits per heavy atom. The van der Waals surface area contributed by atoms with Gasteiger partial charge in [-0.2, -0.15) is 5.10 Å². The third-order valence-corrected chi connectivity index (χ3v) is 3.90. The standard InChI is InChI=1S/C14H24N4O/c1-3-17-9-5-4-7-13(17)14(19)16(2)11-12-18-10-6-8-15-18/h6,8,10,13H,3-5,7,9,11-12H2,1-2H3/t13-/m0/s1. The second-order valence-electron chi connectivity index (χ2n) is 5.17. The van der Waals surface area contributed by atoms with E-state index in [9.17, 15) is 4.79 Å². The van der Waals surface area contributed by atoms with E-state index in [0.717, 1.165) is 26.1 Å². The topological polar surface area (TPSA) is 41.4 Å². The normalized spacial score (nSPS) is 20.4. The van der Waals surface area contributed by atoms with Gasteiger partial charge in [-0.1, -0.05) is 13.3 Å². The second kappa shape index (κ2) is 6.70. The number of likely N-dealkylation sites (N-methyl/N-ethyl adjacent to an activating group) is 2. The Balaban J connectivity index is 1.86. The highest BCUT2D eigenvalue weighted by Gasteiger charge is 2.29. The predicted molar refractivity (Wildman–Crippen MR) is 74.8 cm³/mol. The minimum atomic E-state index is 0.0846. The molecular formula is C14H24N4O. The molecule has 5 nitrogen and oxygen atoms in total. The number of aromatic nitrogens is 2. The van der Waals surface area contributed by atoms with Crippen LogP contribution in [0, 0.1) is 0 Å². The monoisotopic (exact) mass is 264 g/mol. The molecule has 1 amide bonds. The first-order valence-corrected chi connectivity index (χ1v) is 7.19. The van der Waals surface area contributed by atoms with Crippen molar-refractivity contribution in [3.8, 4) is 0 Å². The Kier molecular flexibility index (Phi) is 4.96. The third-order valence-electron chi connectivity index (χ3n) is 3.90. The molecule has 0 aromatic carbocycles. The summed E-state index contributed by atoms with van der Waals surface area (Å²) in [5, 5.41) is 4.16. The number of nitrogens with zero attached hydrogens (tertiary/aromatic N) is 4. The summed E-state index contributed by atoms with van der Waals surface area (Å²) in [6.45, 7) is 5.63. The second-order valence-corrected chi connectivity index (χ2v) is 5.17. The van der Waals surface area contributed by atoms with Crippen LogP contribution in [0.5, 0.6) is 0 Å². The zero-order chi connectivity index (χ0) is 13.7. The number of hydrogen-bond acceptors (Lipinski definition) is 3. The fourth-order valence-corrected chi connectivity index (χ4v) is 2.70. The Bertz CT molecular complexity index is 390. The van der Waals surface area contributed by atoms with Crippen LogP contribution in [-0.4, -0.2) is 58.2 Å². The van der Waals surface area contributed by atoms with Gasteiger partial charge in [0.05, 0.1) is 12.6 Å². The molecule has 0 bridgehead atoms. The molecule has 0 N–H and O–H groups in total. The van der Waals surface area contributed by atoms with Gasteiger partial charge in [-0.3, -0.25) is 14.4 Å². The van der Waals surface area contributed by atoms with Gasteiger partial charge >= 0.3 is 0 Å². The van der Waals surface area contributed by atoms with Crippen molar-refractivity contribution in [3.05, 3.63) is 18.5 Å². The highest BCUT2D eigenvalue weighted by Crippen LogP contribution is 2.18. The number of likely N-dealkylation sites (tertiary alicyclic amines) is 1. The van der Waals surface area contributed by atoms with Crippen molar-refractivity contribution in [2.75, 3.05) is 26.7 Å².